The number of phenols is 2. The molecule has 0 unspecified atom stereocenters. The summed E-state index contributed by atoms with van der Waals surface area (Å²) in [5.41, 5.74) is 1.35. The van der Waals surface area contributed by atoms with Gasteiger partial charge in [-0.2, -0.15) is 0 Å². The van der Waals surface area contributed by atoms with E-state index in [9.17, 15) is 20.1 Å². The molecule has 0 aromatic heterocycles. The monoisotopic (exact) mass is 266 g/mol. The lowest BCUT2D eigenvalue weighted by Gasteiger charge is -2.15. The molecule has 0 bridgehead atoms. The van der Waals surface area contributed by atoms with Crippen LogP contribution in [0.25, 0.3) is 0 Å². The van der Waals surface area contributed by atoms with Crippen LogP contribution < -0.4 is 0 Å². The van der Waals surface area contributed by atoms with Gasteiger partial charge in [0.25, 0.3) is 0 Å². The zero-order chi connectivity index (χ0) is 14.4. The molecule has 19 heavy (non-hydrogen) atoms. The van der Waals surface area contributed by atoms with Gasteiger partial charge in [0.2, 0.25) is 0 Å². The van der Waals surface area contributed by atoms with Crippen LogP contribution in [0.2, 0.25) is 0 Å². The zero-order valence-electron chi connectivity index (χ0n) is 11.6. The Labute approximate surface area is 113 Å². The molecule has 4 heteroatoms. The predicted octanol–water partition coefficient (Wildman–Crippen LogP) is 3.48. The molecule has 1 rings (SSSR count). The van der Waals surface area contributed by atoms with E-state index in [-0.39, 0.29) is 11.3 Å². The second kappa shape index (κ2) is 7.02. The van der Waals surface area contributed by atoms with Crippen molar-refractivity contribution in [3.8, 4) is 11.5 Å². The molecule has 0 aliphatic rings. The molecule has 3 N–H and O–H groups in total. The van der Waals surface area contributed by atoms with Crippen LogP contribution in [0, 0.1) is 0 Å². The number of carboxylic acid groups (broad SMARTS) is 1. The minimum absolute atomic E-state index is 0.145. The number of unbranched alkanes of at least 4 members (excludes halogenated alkanes) is 2. The minimum atomic E-state index is -1.19. The third kappa shape index (κ3) is 3.63. The Hall–Kier alpha value is -1.71. The van der Waals surface area contributed by atoms with Gasteiger partial charge in [-0.3, -0.25) is 0 Å². The fraction of sp³-hybridized carbons (Fsp3) is 0.533. The van der Waals surface area contributed by atoms with Crippen molar-refractivity contribution in [3.05, 3.63) is 22.8 Å². The zero-order valence-corrected chi connectivity index (χ0v) is 11.6. The number of benzene rings is 1. The van der Waals surface area contributed by atoms with Crippen molar-refractivity contribution in [1.29, 1.82) is 0 Å². The third-order valence-electron chi connectivity index (χ3n) is 3.24. The van der Waals surface area contributed by atoms with Gasteiger partial charge in [0.05, 0.1) is 0 Å². The first-order chi connectivity index (χ1) is 9.02. The second-order valence-corrected chi connectivity index (χ2v) is 4.77. The molecule has 0 heterocycles. The number of hydrogen-bond donors (Lipinski definition) is 3. The van der Waals surface area contributed by atoms with Crippen molar-refractivity contribution in [1.82, 2.24) is 0 Å². The van der Waals surface area contributed by atoms with E-state index in [1.807, 2.05) is 6.92 Å². The number of hydrogen-bond acceptors (Lipinski definition) is 3. The van der Waals surface area contributed by atoms with Gasteiger partial charge < -0.3 is 15.3 Å². The topological polar surface area (TPSA) is 77.8 Å². The Morgan fingerprint density at radius 3 is 2.32 bits per heavy atom. The molecule has 0 aliphatic heterocycles. The van der Waals surface area contributed by atoms with E-state index >= 15 is 0 Å². The first kappa shape index (κ1) is 15.3. The van der Waals surface area contributed by atoms with Gasteiger partial charge in [0.1, 0.15) is 5.56 Å². The Balaban J connectivity index is 3.23. The lowest BCUT2D eigenvalue weighted by atomic mass is 9.92. The summed E-state index contributed by atoms with van der Waals surface area (Å²) in [6.07, 6.45) is 5.23. The van der Waals surface area contributed by atoms with Crippen LogP contribution in [-0.2, 0) is 12.8 Å². The molecule has 0 amide bonds. The standard InChI is InChI=1S/C15H22O4/c1-3-5-6-8-10-9-12(16)14(17)13(15(18)19)11(10)7-4-2/h9,16-17H,3-8H2,1-2H3,(H,18,19). The molecule has 1 aromatic rings. The highest BCUT2D eigenvalue weighted by atomic mass is 16.4. The summed E-state index contributed by atoms with van der Waals surface area (Å²) in [6.45, 7) is 4.06. The second-order valence-electron chi connectivity index (χ2n) is 4.77. The lowest BCUT2D eigenvalue weighted by molar-refractivity contribution is 0.0691. The van der Waals surface area contributed by atoms with Crippen molar-refractivity contribution in [2.45, 2.75) is 52.4 Å². The predicted molar refractivity (Wildman–Crippen MR) is 74.0 cm³/mol. The van der Waals surface area contributed by atoms with Crippen molar-refractivity contribution in [3.63, 3.8) is 0 Å². The number of rotatable bonds is 7. The summed E-state index contributed by atoms with van der Waals surface area (Å²) in [6, 6.07) is 1.50. The number of carbonyl (C=O) groups is 1. The molecule has 0 spiro atoms. The molecule has 1 aromatic carbocycles. The molecule has 0 saturated carbocycles. The summed E-state index contributed by atoms with van der Waals surface area (Å²) in [5, 5.41) is 28.6. The van der Waals surface area contributed by atoms with Crippen LogP contribution >= 0.6 is 0 Å². The fourth-order valence-electron chi connectivity index (χ4n) is 2.31. The molecule has 0 saturated heterocycles. The van der Waals surface area contributed by atoms with Crippen LogP contribution in [-0.4, -0.2) is 21.3 Å². The SMILES string of the molecule is CCCCCc1cc(O)c(O)c(C(=O)O)c1CCC. The highest BCUT2D eigenvalue weighted by molar-refractivity contribution is 5.94. The van der Waals surface area contributed by atoms with Gasteiger partial charge in [-0.1, -0.05) is 33.1 Å². The summed E-state index contributed by atoms with van der Waals surface area (Å²) in [4.78, 5) is 11.3. The average molecular weight is 266 g/mol. The fourth-order valence-corrected chi connectivity index (χ4v) is 2.31. The first-order valence-corrected chi connectivity index (χ1v) is 6.82. The number of carboxylic acids is 1. The molecule has 0 aliphatic carbocycles. The Morgan fingerprint density at radius 1 is 1.11 bits per heavy atom. The third-order valence-corrected chi connectivity index (χ3v) is 3.24. The Morgan fingerprint density at radius 2 is 1.79 bits per heavy atom. The van der Waals surface area contributed by atoms with E-state index in [4.69, 9.17) is 0 Å². The van der Waals surface area contributed by atoms with Crippen molar-refractivity contribution in [2.24, 2.45) is 0 Å². The first-order valence-electron chi connectivity index (χ1n) is 6.82. The molecule has 4 nitrogen and oxygen atoms in total. The summed E-state index contributed by atoms with van der Waals surface area (Å²) < 4.78 is 0. The normalized spacial score (nSPS) is 10.6. The van der Waals surface area contributed by atoms with E-state index in [1.165, 1.54) is 6.07 Å². The van der Waals surface area contributed by atoms with Gasteiger partial charge in [0.15, 0.2) is 11.5 Å². The van der Waals surface area contributed by atoms with Gasteiger partial charge in [-0.15, -0.1) is 0 Å². The number of aromatic hydroxyl groups is 2. The summed E-state index contributed by atoms with van der Waals surface area (Å²) in [5.74, 6) is -2.05. The quantitative estimate of drug-likeness (QED) is 0.521. The number of aromatic carboxylic acids is 1. The highest BCUT2D eigenvalue weighted by Gasteiger charge is 2.21. The van der Waals surface area contributed by atoms with Crippen LogP contribution in [0.5, 0.6) is 11.5 Å². The van der Waals surface area contributed by atoms with E-state index in [0.29, 0.717) is 12.0 Å². The Kier molecular flexibility index (Phi) is 5.67. The van der Waals surface area contributed by atoms with Crippen LogP contribution in [0.1, 0.15) is 61.0 Å². The summed E-state index contributed by atoms with van der Waals surface area (Å²) >= 11 is 0. The van der Waals surface area contributed by atoms with E-state index < -0.39 is 11.7 Å². The molecular weight excluding hydrogens is 244 g/mol. The molecule has 0 radical (unpaired) electrons. The van der Waals surface area contributed by atoms with Gasteiger partial charge in [-0.25, -0.2) is 4.79 Å². The minimum Gasteiger partial charge on any atom is -0.504 e. The van der Waals surface area contributed by atoms with Gasteiger partial charge in [0, 0.05) is 0 Å². The van der Waals surface area contributed by atoms with Crippen molar-refractivity contribution in [2.75, 3.05) is 0 Å². The maximum absolute atomic E-state index is 11.3. The maximum atomic E-state index is 11.3. The molecule has 0 atom stereocenters. The van der Waals surface area contributed by atoms with Crippen LogP contribution in [0.3, 0.4) is 0 Å². The van der Waals surface area contributed by atoms with E-state index in [2.05, 4.69) is 6.92 Å². The largest absolute Gasteiger partial charge is 0.504 e. The van der Waals surface area contributed by atoms with Crippen LogP contribution in [0.15, 0.2) is 6.07 Å². The molecule has 0 fully saturated rings. The summed E-state index contributed by atoms with van der Waals surface area (Å²) in [7, 11) is 0. The Bertz CT molecular complexity index is 452. The van der Waals surface area contributed by atoms with Crippen molar-refractivity contribution >= 4 is 5.97 Å². The molecule has 106 valence electrons. The van der Waals surface area contributed by atoms with Gasteiger partial charge in [-0.05, 0) is 36.5 Å². The van der Waals surface area contributed by atoms with Gasteiger partial charge >= 0.3 is 5.97 Å². The number of aryl methyl sites for hydroxylation is 1. The highest BCUT2D eigenvalue weighted by Crippen LogP contribution is 2.35. The van der Waals surface area contributed by atoms with Crippen LogP contribution in [0.4, 0.5) is 0 Å². The van der Waals surface area contributed by atoms with Crippen molar-refractivity contribution < 1.29 is 20.1 Å². The van der Waals surface area contributed by atoms with E-state index in [0.717, 1.165) is 37.7 Å². The number of phenolic OH excluding ortho intramolecular Hbond substituents is 1. The maximum Gasteiger partial charge on any atom is 0.339 e. The lowest BCUT2D eigenvalue weighted by Crippen LogP contribution is -2.07. The van der Waals surface area contributed by atoms with E-state index in [1.54, 1.807) is 0 Å². The smallest absolute Gasteiger partial charge is 0.339 e. The molecular formula is C15H22O4. The average Bonchev–Trinajstić information content (AvgIpc) is 2.35.